The zero-order valence-electron chi connectivity index (χ0n) is 11.1. The minimum Gasteiger partial charge on any atom is -0.460 e. The molecule has 0 atom stereocenters. The first-order valence-electron chi connectivity index (χ1n) is 6.17. The van der Waals surface area contributed by atoms with Crippen LogP contribution < -0.4 is 5.32 Å². The highest BCUT2D eigenvalue weighted by Crippen LogP contribution is 2.00. The molecule has 0 saturated carbocycles. The monoisotopic (exact) mass is 265 g/mol. The predicted molar refractivity (Wildman–Crippen MR) is 70.4 cm³/mol. The number of esters is 1. The number of carbonyl (C=O) groups excluding carboxylic acids is 2. The van der Waals surface area contributed by atoms with Crippen LogP contribution in [0.25, 0.3) is 0 Å². The van der Waals surface area contributed by atoms with Gasteiger partial charge in [-0.2, -0.15) is 0 Å². The minimum absolute atomic E-state index is 0.0986. The molecule has 0 aliphatic heterocycles. The molecular formula is C14H19NO4. The Labute approximate surface area is 112 Å². The highest BCUT2D eigenvalue weighted by Gasteiger charge is 2.06. The second-order valence-corrected chi connectivity index (χ2v) is 4.02. The van der Waals surface area contributed by atoms with Crippen molar-refractivity contribution >= 4 is 11.9 Å². The van der Waals surface area contributed by atoms with Crippen molar-refractivity contribution in [2.75, 3.05) is 20.3 Å². The maximum Gasteiger partial charge on any atom is 0.325 e. The van der Waals surface area contributed by atoms with Crippen molar-refractivity contribution in [1.29, 1.82) is 0 Å². The summed E-state index contributed by atoms with van der Waals surface area (Å²) in [6.45, 7) is 0.656. The van der Waals surface area contributed by atoms with Gasteiger partial charge in [-0.15, -0.1) is 0 Å². The lowest BCUT2D eigenvalue weighted by molar-refractivity contribution is -0.145. The summed E-state index contributed by atoms with van der Waals surface area (Å²) in [5, 5.41) is 2.51. The molecule has 1 rings (SSSR count). The maximum atomic E-state index is 11.4. The second-order valence-electron chi connectivity index (χ2n) is 4.02. The Balaban J connectivity index is 2.12. The molecule has 0 aliphatic rings. The van der Waals surface area contributed by atoms with Gasteiger partial charge in [-0.05, 0) is 12.0 Å². The lowest BCUT2D eigenvalue weighted by Crippen LogP contribution is -2.30. The van der Waals surface area contributed by atoms with E-state index in [1.807, 2.05) is 30.3 Å². The fourth-order valence-corrected chi connectivity index (χ4v) is 1.43. The molecule has 1 aromatic carbocycles. The lowest BCUT2D eigenvalue weighted by atomic mass is 10.2. The van der Waals surface area contributed by atoms with Crippen LogP contribution in [-0.2, 0) is 25.7 Å². The van der Waals surface area contributed by atoms with Crippen LogP contribution in [0.3, 0.4) is 0 Å². The molecule has 104 valence electrons. The predicted octanol–water partition coefficient (Wildman–Crippen LogP) is 1.27. The molecule has 0 bridgehead atoms. The van der Waals surface area contributed by atoms with Crippen molar-refractivity contribution in [2.45, 2.75) is 19.4 Å². The van der Waals surface area contributed by atoms with Crippen LogP contribution in [0.1, 0.15) is 18.4 Å². The number of benzene rings is 1. The van der Waals surface area contributed by atoms with Gasteiger partial charge in [-0.1, -0.05) is 30.3 Å². The molecule has 0 fully saturated rings. The largest absolute Gasteiger partial charge is 0.460 e. The SMILES string of the molecule is COCCCC(=O)NCC(=O)OCc1ccccc1. The van der Waals surface area contributed by atoms with Gasteiger partial charge in [-0.3, -0.25) is 9.59 Å². The van der Waals surface area contributed by atoms with Crippen LogP contribution >= 0.6 is 0 Å². The summed E-state index contributed by atoms with van der Waals surface area (Å²) in [5.41, 5.74) is 0.919. The number of hydrogen-bond donors (Lipinski definition) is 1. The first kappa shape index (κ1) is 15.2. The van der Waals surface area contributed by atoms with Crippen LogP contribution in [0.15, 0.2) is 30.3 Å². The van der Waals surface area contributed by atoms with Gasteiger partial charge >= 0.3 is 5.97 Å². The normalized spacial score (nSPS) is 9.95. The molecule has 0 heterocycles. The zero-order valence-corrected chi connectivity index (χ0v) is 11.1. The van der Waals surface area contributed by atoms with Crippen LogP contribution in [0.2, 0.25) is 0 Å². The summed E-state index contributed by atoms with van der Waals surface area (Å²) >= 11 is 0. The molecule has 5 nitrogen and oxygen atoms in total. The third-order valence-electron chi connectivity index (χ3n) is 2.42. The average molecular weight is 265 g/mol. The number of amides is 1. The molecule has 19 heavy (non-hydrogen) atoms. The Morgan fingerprint density at radius 3 is 2.63 bits per heavy atom. The summed E-state index contributed by atoms with van der Waals surface area (Å²) < 4.78 is 9.86. The van der Waals surface area contributed by atoms with Crippen LogP contribution in [0.5, 0.6) is 0 Å². The molecule has 0 unspecified atom stereocenters. The summed E-state index contributed by atoms with van der Waals surface area (Å²) in [4.78, 5) is 22.7. The van der Waals surface area contributed by atoms with Crippen molar-refractivity contribution < 1.29 is 19.1 Å². The highest BCUT2D eigenvalue weighted by atomic mass is 16.5. The van der Waals surface area contributed by atoms with E-state index in [-0.39, 0.29) is 19.1 Å². The fraction of sp³-hybridized carbons (Fsp3) is 0.429. The van der Waals surface area contributed by atoms with Crippen molar-refractivity contribution in [1.82, 2.24) is 5.32 Å². The molecule has 1 aromatic rings. The van der Waals surface area contributed by atoms with Gasteiger partial charge in [0.25, 0.3) is 0 Å². The molecule has 1 amide bonds. The van der Waals surface area contributed by atoms with E-state index in [0.717, 1.165) is 5.56 Å². The number of hydrogen-bond acceptors (Lipinski definition) is 4. The number of methoxy groups -OCH3 is 1. The van der Waals surface area contributed by atoms with E-state index in [1.54, 1.807) is 7.11 Å². The summed E-state index contributed by atoms with van der Waals surface area (Å²) in [6.07, 6.45) is 0.987. The third kappa shape index (κ3) is 7.21. The summed E-state index contributed by atoms with van der Waals surface area (Å²) in [7, 11) is 1.58. The van der Waals surface area contributed by atoms with E-state index in [1.165, 1.54) is 0 Å². The van der Waals surface area contributed by atoms with E-state index < -0.39 is 5.97 Å². The van der Waals surface area contributed by atoms with Gasteiger partial charge < -0.3 is 14.8 Å². The third-order valence-corrected chi connectivity index (χ3v) is 2.42. The van der Waals surface area contributed by atoms with Gasteiger partial charge in [0.2, 0.25) is 5.91 Å². The van der Waals surface area contributed by atoms with Gasteiger partial charge in [0.1, 0.15) is 13.2 Å². The Bertz CT molecular complexity index is 392. The molecular weight excluding hydrogens is 246 g/mol. The maximum absolute atomic E-state index is 11.4. The first-order chi connectivity index (χ1) is 9.22. The van der Waals surface area contributed by atoms with E-state index >= 15 is 0 Å². The fourth-order valence-electron chi connectivity index (χ4n) is 1.43. The van der Waals surface area contributed by atoms with Crippen LogP contribution in [0, 0.1) is 0 Å². The van der Waals surface area contributed by atoms with Gasteiger partial charge in [0, 0.05) is 20.1 Å². The quantitative estimate of drug-likeness (QED) is 0.568. The number of ether oxygens (including phenoxy) is 2. The van der Waals surface area contributed by atoms with Crippen molar-refractivity contribution in [2.24, 2.45) is 0 Å². The summed E-state index contributed by atoms with van der Waals surface area (Å²) in [5.74, 6) is -0.613. The topological polar surface area (TPSA) is 64.6 Å². The molecule has 1 N–H and O–H groups in total. The zero-order chi connectivity index (χ0) is 13.9. The average Bonchev–Trinajstić information content (AvgIpc) is 2.44. The highest BCUT2D eigenvalue weighted by molar-refractivity contribution is 5.81. The second kappa shape index (κ2) is 9.10. The summed E-state index contributed by atoms with van der Waals surface area (Å²) in [6, 6.07) is 9.39. The van der Waals surface area contributed by atoms with Crippen molar-refractivity contribution in [3.63, 3.8) is 0 Å². The first-order valence-corrected chi connectivity index (χ1v) is 6.17. The number of rotatable bonds is 8. The van der Waals surface area contributed by atoms with Gasteiger partial charge in [-0.25, -0.2) is 0 Å². The van der Waals surface area contributed by atoms with E-state index in [9.17, 15) is 9.59 Å². The molecule has 0 aliphatic carbocycles. The van der Waals surface area contributed by atoms with Crippen molar-refractivity contribution in [3.05, 3.63) is 35.9 Å². The molecule has 0 radical (unpaired) electrons. The van der Waals surface area contributed by atoms with Gasteiger partial charge in [0.05, 0.1) is 0 Å². The van der Waals surface area contributed by atoms with Gasteiger partial charge in [0.15, 0.2) is 0 Å². The Kier molecular flexibility index (Phi) is 7.27. The molecule has 0 aromatic heterocycles. The van der Waals surface area contributed by atoms with E-state index in [4.69, 9.17) is 9.47 Å². The van der Waals surface area contributed by atoms with E-state index in [2.05, 4.69) is 5.32 Å². The molecule has 0 spiro atoms. The Morgan fingerprint density at radius 2 is 1.95 bits per heavy atom. The molecule has 5 heteroatoms. The minimum atomic E-state index is -0.441. The number of nitrogens with one attached hydrogen (secondary N) is 1. The number of carbonyl (C=O) groups is 2. The smallest absolute Gasteiger partial charge is 0.325 e. The van der Waals surface area contributed by atoms with Crippen LogP contribution in [0.4, 0.5) is 0 Å². The standard InChI is InChI=1S/C14H19NO4/c1-18-9-5-8-13(16)15-10-14(17)19-11-12-6-3-2-4-7-12/h2-4,6-7H,5,8-11H2,1H3,(H,15,16). The van der Waals surface area contributed by atoms with E-state index in [0.29, 0.717) is 19.4 Å². The Morgan fingerprint density at radius 1 is 1.21 bits per heavy atom. The molecule has 0 saturated heterocycles. The Hall–Kier alpha value is -1.88. The van der Waals surface area contributed by atoms with Crippen molar-refractivity contribution in [3.8, 4) is 0 Å². The van der Waals surface area contributed by atoms with Crippen LogP contribution in [-0.4, -0.2) is 32.1 Å². The lowest BCUT2D eigenvalue weighted by Gasteiger charge is -2.06.